The summed E-state index contributed by atoms with van der Waals surface area (Å²) in [5, 5.41) is 4.00. The van der Waals surface area contributed by atoms with Crippen molar-refractivity contribution < 1.29 is 33.4 Å². The van der Waals surface area contributed by atoms with Crippen molar-refractivity contribution in [3.8, 4) is 0 Å². The van der Waals surface area contributed by atoms with Gasteiger partial charge in [0.2, 0.25) is 11.8 Å². The highest BCUT2D eigenvalue weighted by Gasteiger charge is 2.49. The number of hydrogen-bond donors (Lipinski definition) is 2. The molecule has 2 aliphatic heterocycles. The lowest BCUT2D eigenvalue weighted by Crippen LogP contribution is -2.56. The normalized spacial score (nSPS) is 23.6. The van der Waals surface area contributed by atoms with Crippen LogP contribution in [-0.4, -0.2) is 82.1 Å². The quantitative estimate of drug-likeness (QED) is 0.549. The predicted molar refractivity (Wildman–Crippen MR) is 110 cm³/mol. The molecule has 3 N–H and O–H groups in total. The fourth-order valence-corrected chi connectivity index (χ4v) is 4.33. The van der Waals surface area contributed by atoms with Crippen molar-refractivity contribution in [2.45, 2.75) is 57.3 Å². The Morgan fingerprint density at radius 1 is 1.38 bits per heavy atom. The molecule has 2 saturated heterocycles. The van der Waals surface area contributed by atoms with Crippen LogP contribution in [0, 0.1) is 0 Å². The molecule has 3 rings (SSSR count). The first-order valence-electron chi connectivity index (χ1n) is 10.2. The van der Waals surface area contributed by atoms with Crippen molar-refractivity contribution in [3.63, 3.8) is 0 Å². The predicted octanol–water partition coefficient (Wildman–Crippen LogP) is 0.0125. The molecule has 32 heavy (non-hydrogen) atoms. The van der Waals surface area contributed by atoms with E-state index in [1.165, 1.54) is 23.2 Å². The van der Waals surface area contributed by atoms with Crippen LogP contribution in [0.3, 0.4) is 0 Å². The number of carbonyl (C=O) groups is 5. The molecule has 12 nitrogen and oxygen atoms in total. The van der Waals surface area contributed by atoms with Crippen molar-refractivity contribution >= 4 is 41.2 Å². The van der Waals surface area contributed by atoms with Gasteiger partial charge in [0.1, 0.15) is 12.1 Å². The van der Waals surface area contributed by atoms with E-state index in [2.05, 4.69) is 10.3 Å². The molecule has 1 aromatic rings. The van der Waals surface area contributed by atoms with Crippen LogP contribution in [0.2, 0.25) is 0 Å². The molecule has 0 radical (unpaired) electrons. The summed E-state index contributed by atoms with van der Waals surface area (Å²) in [6, 6.07) is -3.14. The summed E-state index contributed by atoms with van der Waals surface area (Å²) in [6.45, 7) is 3.29. The van der Waals surface area contributed by atoms with Gasteiger partial charge in [-0.05, 0) is 26.7 Å². The van der Waals surface area contributed by atoms with E-state index in [-0.39, 0.29) is 13.0 Å². The van der Waals surface area contributed by atoms with E-state index in [0.717, 1.165) is 0 Å². The first-order chi connectivity index (χ1) is 15.2. The SMILES string of the molecule is CCOC(=O)N1C(=O)O[C@@H](C)[C@H]1C(=O)NC(=O)[C@@H]1CCCN1C(=O)[C@@H](N)Cc1cscn1. The molecular formula is C19H25N5O7S. The van der Waals surface area contributed by atoms with Crippen molar-refractivity contribution in [3.05, 3.63) is 16.6 Å². The third kappa shape index (κ3) is 4.88. The van der Waals surface area contributed by atoms with E-state index >= 15 is 0 Å². The summed E-state index contributed by atoms with van der Waals surface area (Å²) in [6.07, 6.45) is -1.90. The van der Waals surface area contributed by atoms with Gasteiger partial charge in [0.05, 0.1) is 23.9 Å². The Bertz CT molecular complexity index is 893. The van der Waals surface area contributed by atoms with Gasteiger partial charge in [-0.25, -0.2) is 14.6 Å². The molecule has 0 unspecified atom stereocenters. The number of thiazole rings is 1. The lowest BCUT2D eigenvalue weighted by Gasteiger charge is -2.27. The highest BCUT2D eigenvalue weighted by atomic mass is 32.1. The largest absolute Gasteiger partial charge is 0.449 e. The summed E-state index contributed by atoms with van der Waals surface area (Å²) in [5.74, 6) is -2.02. The molecule has 174 valence electrons. The standard InChI is InChI=1S/C19H25N5O7S/c1-3-30-18(28)24-14(10(2)31-19(24)29)16(26)22-15(25)13-5-4-6-23(13)17(27)12(20)7-11-8-32-9-21-11/h8-10,12-14H,3-7,20H2,1-2H3,(H,22,25,26)/t10-,12-,13-,14-/m0/s1. The van der Waals surface area contributed by atoms with E-state index < -0.39 is 54.1 Å². The highest BCUT2D eigenvalue weighted by molar-refractivity contribution is 7.07. The van der Waals surface area contributed by atoms with Crippen molar-refractivity contribution in [2.75, 3.05) is 13.2 Å². The van der Waals surface area contributed by atoms with Crippen molar-refractivity contribution in [2.24, 2.45) is 5.73 Å². The van der Waals surface area contributed by atoms with E-state index in [9.17, 15) is 24.0 Å². The van der Waals surface area contributed by atoms with Gasteiger partial charge in [0, 0.05) is 18.3 Å². The number of likely N-dealkylation sites (tertiary alicyclic amines) is 1. The maximum absolute atomic E-state index is 12.8. The van der Waals surface area contributed by atoms with E-state index in [0.29, 0.717) is 30.0 Å². The molecule has 0 saturated carbocycles. The van der Waals surface area contributed by atoms with Gasteiger partial charge in [0.15, 0.2) is 6.04 Å². The number of nitrogens with two attached hydrogens (primary N) is 1. The number of aromatic nitrogens is 1. The molecule has 1 aromatic heterocycles. The number of nitrogens with zero attached hydrogens (tertiary/aromatic N) is 3. The average Bonchev–Trinajstić information content (AvgIpc) is 3.47. The second kappa shape index (κ2) is 10.0. The van der Waals surface area contributed by atoms with Crippen molar-refractivity contribution in [1.82, 2.24) is 20.1 Å². The summed E-state index contributed by atoms with van der Waals surface area (Å²) in [4.78, 5) is 68.4. The minimum absolute atomic E-state index is 0.00936. The van der Waals surface area contributed by atoms with Gasteiger partial charge in [0.25, 0.3) is 5.91 Å². The number of cyclic esters (lactones) is 1. The fraction of sp³-hybridized carbons (Fsp3) is 0.579. The van der Waals surface area contributed by atoms with Crippen LogP contribution in [0.25, 0.3) is 0 Å². The average molecular weight is 468 g/mol. The van der Waals surface area contributed by atoms with Gasteiger partial charge < -0.3 is 20.1 Å². The zero-order chi connectivity index (χ0) is 23.4. The Labute approximate surface area is 188 Å². The van der Waals surface area contributed by atoms with Crippen LogP contribution >= 0.6 is 11.3 Å². The van der Waals surface area contributed by atoms with E-state index in [4.69, 9.17) is 15.2 Å². The van der Waals surface area contributed by atoms with Crippen LogP contribution in [0.15, 0.2) is 10.9 Å². The van der Waals surface area contributed by atoms with Crippen molar-refractivity contribution in [1.29, 1.82) is 0 Å². The Kier molecular flexibility index (Phi) is 7.40. The molecule has 2 fully saturated rings. The third-order valence-electron chi connectivity index (χ3n) is 5.25. The van der Waals surface area contributed by atoms with Crippen LogP contribution in [0.1, 0.15) is 32.4 Å². The fourth-order valence-electron chi connectivity index (χ4n) is 3.76. The monoisotopic (exact) mass is 467 g/mol. The third-order valence-corrected chi connectivity index (χ3v) is 5.89. The van der Waals surface area contributed by atoms with E-state index in [1.807, 2.05) is 0 Å². The van der Waals surface area contributed by atoms with Gasteiger partial charge in [-0.1, -0.05) is 0 Å². The number of imide groups is 2. The summed E-state index contributed by atoms with van der Waals surface area (Å²) < 4.78 is 9.75. The summed E-state index contributed by atoms with van der Waals surface area (Å²) >= 11 is 1.39. The zero-order valence-electron chi connectivity index (χ0n) is 17.7. The molecule has 0 aromatic carbocycles. The van der Waals surface area contributed by atoms with E-state index in [1.54, 1.807) is 17.8 Å². The first-order valence-corrected chi connectivity index (χ1v) is 11.1. The maximum Gasteiger partial charge on any atom is 0.420 e. The van der Waals surface area contributed by atoms with Gasteiger partial charge in [-0.2, -0.15) is 4.90 Å². The van der Waals surface area contributed by atoms with Gasteiger partial charge in [-0.3, -0.25) is 19.7 Å². The number of carbonyl (C=O) groups excluding carboxylic acids is 5. The molecule has 0 spiro atoms. The molecule has 3 heterocycles. The second-order valence-electron chi connectivity index (χ2n) is 7.44. The summed E-state index contributed by atoms with van der Waals surface area (Å²) in [7, 11) is 0. The molecule has 13 heteroatoms. The van der Waals surface area contributed by atoms with Gasteiger partial charge in [-0.15, -0.1) is 11.3 Å². The topological polar surface area (TPSA) is 161 Å². The molecule has 0 aliphatic carbocycles. The lowest BCUT2D eigenvalue weighted by atomic mass is 10.1. The Hall–Kier alpha value is -3.06. The molecule has 4 atom stereocenters. The van der Waals surface area contributed by atoms with Crippen LogP contribution in [-0.2, 0) is 30.3 Å². The number of nitrogens with one attached hydrogen (secondary N) is 1. The maximum atomic E-state index is 12.8. The zero-order valence-corrected chi connectivity index (χ0v) is 18.5. The molecule has 0 bridgehead atoms. The molecular weight excluding hydrogens is 442 g/mol. The Morgan fingerprint density at radius 3 is 2.78 bits per heavy atom. The number of hydrogen-bond acceptors (Lipinski definition) is 10. The smallest absolute Gasteiger partial charge is 0.420 e. The van der Waals surface area contributed by atoms with Crippen LogP contribution in [0.5, 0.6) is 0 Å². The Balaban J connectivity index is 1.65. The Morgan fingerprint density at radius 2 is 2.12 bits per heavy atom. The molecule has 5 amide bonds. The first kappa shape index (κ1) is 23.6. The lowest BCUT2D eigenvalue weighted by molar-refractivity contribution is -0.142. The minimum Gasteiger partial charge on any atom is -0.449 e. The van der Waals surface area contributed by atoms with Gasteiger partial charge >= 0.3 is 12.2 Å². The minimum atomic E-state index is -1.37. The number of amides is 5. The number of ether oxygens (including phenoxy) is 2. The highest BCUT2D eigenvalue weighted by Crippen LogP contribution is 2.22. The van der Waals surface area contributed by atoms with Crippen LogP contribution < -0.4 is 11.1 Å². The summed E-state index contributed by atoms with van der Waals surface area (Å²) in [5.41, 5.74) is 8.35. The molecule has 2 aliphatic rings. The van der Waals surface area contributed by atoms with Crippen LogP contribution in [0.4, 0.5) is 9.59 Å². The second-order valence-corrected chi connectivity index (χ2v) is 8.15. The number of rotatable bonds is 6.